The number of hydrogen-bond donors (Lipinski definition) is 4. The lowest BCUT2D eigenvalue weighted by Crippen LogP contribution is -2.19. The number of aliphatic hydroxyl groups is 3. The number of rotatable bonds is 13. The number of carbonyl (C=O) groups excluding carboxylic acids is 1. The van der Waals surface area contributed by atoms with Crippen molar-refractivity contribution in [3.8, 4) is 0 Å². The second-order valence-corrected chi connectivity index (χ2v) is 7.50. The average Bonchev–Trinajstić information content (AvgIpc) is 2.81. The van der Waals surface area contributed by atoms with Gasteiger partial charge in [0.1, 0.15) is 5.78 Å². The molecule has 1 fully saturated rings. The molecule has 0 amide bonds. The minimum Gasteiger partial charge on any atom is -0.481 e. The molecule has 4 N–H and O–H groups in total. The Bertz CT molecular complexity index is 459. The molecule has 0 aliphatic heterocycles. The van der Waals surface area contributed by atoms with Gasteiger partial charge in [-0.1, -0.05) is 31.4 Å². The summed E-state index contributed by atoms with van der Waals surface area (Å²) in [5.41, 5.74) is 0. The zero-order valence-corrected chi connectivity index (χ0v) is 15.7. The lowest BCUT2D eigenvalue weighted by molar-refractivity contribution is -0.137. The average molecular weight is 370 g/mol. The maximum Gasteiger partial charge on any atom is 0.303 e. The highest BCUT2D eigenvalue weighted by atomic mass is 16.4. The number of aliphatic carboxylic acids is 1. The van der Waals surface area contributed by atoms with Gasteiger partial charge in [-0.15, -0.1) is 0 Å². The van der Waals surface area contributed by atoms with Gasteiger partial charge in [0, 0.05) is 24.7 Å². The van der Waals surface area contributed by atoms with Crippen LogP contribution in [0.2, 0.25) is 0 Å². The number of unbranched alkanes of at least 4 members (excludes halogenated alkanes) is 3. The fraction of sp³-hybridized carbons (Fsp3) is 0.800. The molecular formula is C20H34O6. The first-order chi connectivity index (χ1) is 12.3. The maximum absolute atomic E-state index is 12.1. The monoisotopic (exact) mass is 370 g/mol. The molecule has 5 atom stereocenters. The Balaban J connectivity index is 2.39. The van der Waals surface area contributed by atoms with Crippen molar-refractivity contribution in [2.24, 2.45) is 11.8 Å². The molecule has 150 valence electrons. The van der Waals surface area contributed by atoms with Crippen molar-refractivity contribution < 1.29 is 30.0 Å². The van der Waals surface area contributed by atoms with Crippen LogP contribution in [0.25, 0.3) is 0 Å². The Kier molecular flexibility index (Phi) is 10.7. The topological polar surface area (TPSA) is 115 Å². The second kappa shape index (κ2) is 12.2. The first-order valence-corrected chi connectivity index (χ1v) is 9.78. The van der Waals surface area contributed by atoms with Crippen LogP contribution in [-0.4, -0.2) is 50.5 Å². The highest BCUT2D eigenvalue weighted by Gasteiger charge is 2.39. The zero-order chi connectivity index (χ0) is 19.5. The number of hydrogen-bond acceptors (Lipinski definition) is 5. The van der Waals surface area contributed by atoms with Gasteiger partial charge in [-0.2, -0.15) is 0 Å². The van der Waals surface area contributed by atoms with Gasteiger partial charge in [-0.25, -0.2) is 0 Å². The van der Waals surface area contributed by atoms with Crippen molar-refractivity contribution in [3.63, 3.8) is 0 Å². The van der Waals surface area contributed by atoms with Crippen molar-refractivity contribution in [1.29, 1.82) is 0 Å². The Labute approximate surface area is 155 Å². The number of Topliss-reactive ketones (excluding diaryl/α,β-unsaturated/α-hetero) is 1. The van der Waals surface area contributed by atoms with Gasteiger partial charge in [-0.05, 0) is 39.0 Å². The van der Waals surface area contributed by atoms with E-state index in [0.29, 0.717) is 25.7 Å². The molecule has 6 nitrogen and oxygen atoms in total. The number of carboxylic acids is 1. The highest BCUT2D eigenvalue weighted by molar-refractivity contribution is 5.84. The highest BCUT2D eigenvalue weighted by Crippen LogP contribution is 2.34. The van der Waals surface area contributed by atoms with E-state index < -0.39 is 18.2 Å². The molecule has 0 aromatic carbocycles. The predicted octanol–water partition coefficient (Wildman–Crippen LogP) is 2.45. The Hall–Kier alpha value is -1.24. The molecule has 1 aliphatic rings. The molecule has 0 aromatic rings. The lowest BCUT2D eigenvalue weighted by Gasteiger charge is -2.18. The van der Waals surface area contributed by atoms with E-state index in [2.05, 4.69) is 0 Å². The van der Waals surface area contributed by atoms with Crippen molar-refractivity contribution >= 4 is 11.8 Å². The van der Waals surface area contributed by atoms with Gasteiger partial charge in [0.2, 0.25) is 0 Å². The SMILES string of the molecule is C[C@@H](O)CCCC(O)C=C[C@H]1C(O)CC(=O)C1CCCCCCC(=O)O. The minimum atomic E-state index is -0.781. The molecule has 0 radical (unpaired) electrons. The van der Waals surface area contributed by atoms with Crippen LogP contribution in [0, 0.1) is 11.8 Å². The first kappa shape index (κ1) is 22.8. The van der Waals surface area contributed by atoms with E-state index in [9.17, 15) is 24.9 Å². The standard InChI is InChI=1S/C20H34O6/c1-14(21)7-6-8-15(22)11-12-17-16(18(23)13-19(17)24)9-4-2-3-5-10-20(25)26/h11-12,14-17,19,21-22,24H,2-10,13H2,1H3,(H,25,26)/t14-,15?,16?,17-,19?/m1/s1. The molecular weight excluding hydrogens is 336 g/mol. The molecule has 0 bridgehead atoms. The van der Waals surface area contributed by atoms with Gasteiger partial charge in [0.15, 0.2) is 0 Å². The van der Waals surface area contributed by atoms with E-state index in [0.717, 1.165) is 25.7 Å². The second-order valence-electron chi connectivity index (χ2n) is 7.50. The third kappa shape index (κ3) is 8.92. The predicted molar refractivity (Wildman–Crippen MR) is 98.6 cm³/mol. The molecule has 26 heavy (non-hydrogen) atoms. The van der Waals surface area contributed by atoms with Gasteiger partial charge in [0.05, 0.1) is 18.3 Å². The van der Waals surface area contributed by atoms with E-state index in [1.54, 1.807) is 19.1 Å². The quantitative estimate of drug-likeness (QED) is 0.292. The van der Waals surface area contributed by atoms with Crippen molar-refractivity contribution in [3.05, 3.63) is 12.2 Å². The third-order valence-corrected chi connectivity index (χ3v) is 5.07. The number of aliphatic hydroxyl groups excluding tert-OH is 3. The van der Waals surface area contributed by atoms with Gasteiger partial charge in [0.25, 0.3) is 0 Å². The molecule has 1 rings (SSSR count). The molecule has 1 saturated carbocycles. The molecule has 0 spiro atoms. The molecule has 6 heteroatoms. The zero-order valence-electron chi connectivity index (χ0n) is 15.7. The first-order valence-electron chi connectivity index (χ1n) is 9.78. The largest absolute Gasteiger partial charge is 0.481 e. The number of ketones is 1. The van der Waals surface area contributed by atoms with Gasteiger partial charge >= 0.3 is 5.97 Å². The summed E-state index contributed by atoms with van der Waals surface area (Å²) in [6.07, 6.45) is 7.88. The molecule has 0 heterocycles. The van der Waals surface area contributed by atoms with Crippen LogP contribution in [0.1, 0.15) is 71.1 Å². The lowest BCUT2D eigenvalue weighted by atomic mass is 9.88. The molecule has 0 saturated heterocycles. The fourth-order valence-electron chi connectivity index (χ4n) is 3.56. The normalized spacial score (nSPS) is 25.7. The number of carbonyl (C=O) groups is 2. The summed E-state index contributed by atoms with van der Waals surface area (Å²) in [5, 5.41) is 38.0. The van der Waals surface area contributed by atoms with Gasteiger partial charge < -0.3 is 20.4 Å². The van der Waals surface area contributed by atoms with Crippen molar-refractivity contribution in [1.82, 2.24) is 0 Å². The van der Waals surface area contributed by atoms with Crippen LogP contribution >= 0.6 is 0 Å². The Morgan fingerprint density at radius 3 is 2.50 bits per heavy atom. The molecule has 0 aromatic heterocycles. The van der Waals surface area contributed by atoms with Crippen LogP contribution in [0.5, 0.6) is 0 Å². The Morgan fingerprint density at radius 1 is 1.15 bits per heavy atom. The van der Waals surface area contributed by atoms with Crippen LogP contribution in [0.15, 0.2) is 12.2 Å². The van der Waals surface area contributed by atoms with Crippen molar-refractivity contribution in [2.45, 2.75) is 89.4 Å². The summed E-state index contributed by atoms with van der Waals surface area (Å²) in [6.45, 7) is 1.72. The summed E-state index contributed by atoms with van der Waals surface area (Å²) in [4.78, 5) is 22.6. The summed E-state index contributed by atoms with van der Waals surface area (Å²) >= 11 is 0. The number of carboxylic acid groups (broad SMARTS) is 1. The van der Waals surface area contributed by atoms with E-state index in [1.165, 1.54) is 0 Å². The van der Waals surface area contributed by atoms with Crippen LogP contribution < -0.4 is 0 Å². The van der Waals surface area contributed by atoms with Crippen LogP contribution in [0.3, 0.4) is 0 Å². The third-order valence-electron chi connectivity index (χ3n) is 5.07. The smallest absolute Gasteiger partial charge is 0.303 e. The van der Waals surface area contributed by atoms with Crippen LogP contribution in [-0.2, 0) is 9.59 Å². The maximum atomic E-state index is 12.1. The summed E-state index contributed by atoms with van der Waals surface area (Å²) < 4.78 is 0. The minimum absolute atomic E-state index is 0.0706. The summed E-state index contributed by atoms with van der Waals surface area (Å²) in [5.74, 6) is -1.18. The van der Waals surface area contributed by atoms with E-state index >= 15 is 0 Å². The fourth-order valence-corrected chi connectivity index (χ4v) is 3.56. The van der Waals surface area contributed by atoms with Crippen molar-refractivity contribution in [2.75, 3.05) is 0 Å². The molecule has 1 aliphatic carbocycles. The summed E-state index contributed by atoms with van der Waals surface area (Å²) in [6, 6.07) is 0. The Morgan fingerprint density at radius 2 is 1.85 bits per heavy atom. The van der Waals surface area contributed by atoms with E-state index in [4.69, 9.17) is 5.11 Å². The van der Waals surface area contributed by atoms with E-state index in [-0.39, 0.29) is 36.6 Å². The van der Waals surface area contributed by atoms with E-state index in [1.807, 2.05) is 0 Å². The van der Waals surface area contributed by atoms with Crippen LogP contribution in [0.4, 0.5) is 0 Å². The summed E-state index contributed by atoms with van der Waals surface area (Å²) in [7, 11) is 0. The van der Waals surface area contributed by atoms with Gasteiger partial charge in [-0.3, -0.25) is 9.59 Å². The molecule has 3 unspecified atom stereocenters.